The van der Waals surface area contributed by atoms with Gasteiger partial charge in [0.15, 0.2) is 11.6 Å². The fraction of sp³-hybridized carbons (Fsp3) is 0.417. The van der Waals surface area contributed by atoms with Crippen molar-refractivity contribution in [3.8, 4) is 11.5 Å². The molecule has 0 fully saturated rings. The molecule has 0 aliphatic carbocycles. The molecule has 5 heteroatoms. The summed E-state index contributed by atoms with van der Waals surface area (Å²) < 4.78 is 24.2. The summed E-state index contributed by atoms with van der Waals surface area (Å²) in [5.74, 6) is -1.07. The van der Waals surface area contributed by atoms with Gasteiger partial charge in [-0.2, -0.15) is 0 Å². The summed E-state index contributed by atoms with van der Waals surface area (Å²) >= 11 is 0. The van der Waals surface area contributed by atoms with Crippen LogP contribution in [0.15, 0.2) is 12.1 Å². The van der Waals surface area contributed by atoms with Crippen molar-refractivity contribution in [2.45, 2.75) is 25.7 Å². The molecule has 0 radical (unpaired) electrons. The van der Waals surface area contributed by atoms with Crippen molar-refractivity contribution >= 4 is 5.97 Å². The SMILES string of the molecule is CC(C)(CC(=O)O)c1ccc2c(c1F)OCO2. The molecule has 0 saturated carbocycles. The van der Waals surface area contributed by atoms with Gasteiger partial charge >= 0.3 is 5.97 Å². The maximum absolute atomic E-state index is 14.1. The highest BCUT2D eigenvalue weighted by Crippen LogP contribution is 2.40. The van der Waals surface area contributed by atoms with E-state index in [9.17, 15) is 9.18 Å². The van der Waals surface area contributed by atoms with Crippen LogP contribution in [0.5, 0.6) is 11.5 Å². The predicted octanol–water partition coefficient (Wildman–Crippen LogP) is 2.31. The van der Waals surface area contributed by atoms with Crippen LogP contribution < -0.4 is 9.47 Å². The number of halogens is 1. The molecule has 1 N–H and O–H groups in total. The molecule has 0 atom stereocenters. The molecule has 0 bridgehead atoms. The zero-order valence-electron chi connectivity index (χ0n) is 9.62. The number of ether oxygens (including phenoxy) is 2. The van der Waals surface area contributed by atoms with Crippen LogP contribution in [-0.4, -0.2) is 17.9 Å². The van der Waals surface area contributed by atoms with Crippen molar-refractivity contribution in [3.05, 3.63) is 23.5 Å². The van der Waals surface area contributed by atoms with Crippen LogP contribution in [0.1, 0.15) is 25.8 Å². The molecule has 1 aromatic carbocycles. The molecule has 4 nitrogen and oxygen atoms in total. The first-order chi connectivity index (χ1) is 7.92. The third-order valence-electron chi connectivity index (χ3n) is 2.80. The smallest absolute Gasteiger partial charge is 0.304 e. The van der Waals surface area contributed by atoms with Crippen molar-refractivity contribution in [1.82, 2.24) is 0 Å². The van der Waals surface area contributed by atoms with Gasteiger partial charge in [-0.1, -0.05) is 19.9 Å². The Balaban J connectivity index is 2.43. The van der Waals surface area contributed by atoms with Gasteiger partial charge < -0.3 is 14.6 Å². The molecular weight excluding hydrogens is 227 g/mol. The fourth-order valence-corrected chi connectivity index (χ4v) is 1.93. The second kappa shape index (κ2) is 3.91. The van der Waals surface area contributed by atoms with Gasteiger partial charge in [-0.3, -0.25) is 4.79 Å². The molecule has 1 aromatic rings. The fourth-order valence-electron chi connectivity index (χ4n) is 1.93. The highest BCUT2D eigenvalue weighted by atomic mass is 19.1. The Labute approximate surface area is 98.0 Å². The minimum absolute atomic E-state index is 0.00490. The summed E-state index contributed by atoms with van der Waals surface area (Å²) in [7, 11) is 0. The molecule has 17 heavy (non-hydrogen) atoms. The van der Waals surface area contributed by atoms with Crippen LogP contribution in [0.3, 0.4) is 0 Å². The lowest BCUT2D eigenvalue weighted by Gasteiger charge is -2.23. The Kier molecular flexibility index (Phi) is 2.69. The number of hydrogen-bond donors (Lipinski definition) is 1. The Bertz CT molecular complexity index is 468. The van der Waals surface area contributed by atoms with Gasteiger partial charge in [0.05, 0.1) is 6.42 Å². The number of hydrogen-bond acceptors (Lipinski definition) is 3. The first kappa shape index (κ1) is 11.7. The van der Waals surface area contributed by atoms with Gasteiger partial charge in [0.2, 0.25) is 12.5 Å². The molecule has 0 saturated heterocycles. The van der Waals surface area contributed by atoms with Crippen molar-refractivity contribution in [2.24, 2.45) is 0 Å². The lowest BCUT2D eigenvalue weighted by atomic mass is 9.81. The summed E-state index contributed by atoms with van der Waals surface area (Å²) in [6.45, 7) is 3.36. The van der Waals surface area contributed by atoms with Crippen molar-refractivity contribution in [1.29, 1.82) is 0 Å². The van der Waals surface area contributed by atoms with E-state index in [-0.39, 0.29) is 19.0 Å². The third-order valence-corrected chi connectivity index (χ3v) is 2.80. The topological polar surface area (TPSA) is 55.8 Å². The minimum atomic E-state index is -0.966. The van der Waals surface area contributed by atoms with Crippen molar-refractivity contribution in [2.75, 3.05) is 6.79 Å². The highest BCUT2D eigenvalue weighted by molar-refractivity contribution is 5.69. The Hall–Kier alpha value is -1.78. The van der Waals surface area contributed by atoms with Gasteiger partial charge in [-0.15, -0.1) is 0 Å². The number of carbonyl (C=O) groups is 1. The van der Waals surface area contributed by atoms with E-state index in [0.29, 0.717) is 11.3 Å². The number of carboxylic acid groups (broad SMARTS) is 1. The van der Waals surface area contributed by atoms with E-state index in [1.54, 1.807) is 26.0 Å². The van der Waals surface area contributed by atoms with Crippen molar-refractivity contribution < 1.29 is 23.8 Å². The molecule has 0 spiro atoms. The van der Waals surface area contributed by atoms with E-state index in [0.717, 1.165) is 0 Å². The number of benzene rings is 1. The second-order valence-corrected chi connectivity index (χ2v) is 4.62. The number of aliphatic carboxylic acids is 1. The highest BCUT2D eigenvalue weighted by Gasteiger charge is 2.31. The van der Waals surface area contributed by atoms with Crippen LogP contribution in [0.25, 0.3) is 0 Å². The van der Waals surface area contributed by atoms with E-state index in [1.165, 1.54) is 0 Å². The van der Waals surface area contributed by atoms with E-state index in [4.69, 9.17) is 14.6 Å². The van der Waals surface area contributed by atoms with E-state index in [1.807, 2.05) is 0 Å². The Morgan fingerprint density at radius 1 is 1.47 bits per heavy atom. The standard InChI is InChI=1S/C12H13FO4/c1-12(2,5-9(14)15)7-3-4-8-11(10(7)13)17-6-16-8/h3-4H,5-6H2,1-2H3,(H,14,15). The van der Waals surface area contributed by atoms with Gasteiger partial charge in [-0.05, 0) is 11.6 Å². The van der Waals surface area contributed by atoms with Gasteiger partial charge in [0.1, 0.15) is 0 Å². The summed E-state index contributed by atoms with van der Waals surface area (Å²) in [6, 6.07) is 3.15. The molecule has 0 amide bonds. The van der Waals surface area contributed by atoms with Crippen LogP contribution in [0, 0.1) is 5.82 Å². The van der Waals surface area contributed by atoms with Crippen LogP contribution in [0.2, 0.25) is 0 Å². The van der Waals surface area contributed by atoms with Crippen LogP contribution in [-0.2, 0) is 10.2 Å². The maximum Gasteiger partial charge on any atom is 0.304 e. The first-order valence-corrected chi connectivity index (χ1v) is 5.22. The van der Waals surface area contributed by atoms with Crippen LogP contribution >= 0.6 is 0 Å². The molecule has 0 unspecified atom stereocenters. The number of fused-ring (bicyclic) bond motifs is 1. The largest absolute Gasteiger partial charge is 0.481 e. The predicted molar refractivity (Wildman–Crippen MR) is 57.8 cm³/mol. The average molecular weight is 240 g/mol. The zero-order valence-corrected chi connectivity index (χ0v) is 9.62. The van der Waals surface area contributed by atoms with Crippen LogP contribution in [0.4, 0.5) is 4.39 Å². The third kappa shape index (κ3) is 2.05. The molecule has 1 aliphatic heterocycles. The van der Waals surface area contributed by atoms with E-state index < -0.39 is 17.2 Å². The lowest BCUT2D eigenvalue weighted by molar-refractivity contribution is -0.138. The molecule has 0 aromatic heterocycles. The molecular formula is C12H13FO4. The summed E-state index contributed by atoms with van der Waals surface area (Å²) in [6.07, 6.45) is -0.149. The van der Waals surface area contributed by atoms with Crippen molar-refractivity contribution in [3.63, 3.8) is 0 Å². The Morgan fingerprint density at radius 2 is 2.18 bits per heavy atom. The monoisotopic (exact) mass is 240 g/mol. The number of carboxylic acids is 1. The molecule has 1 heterocycles. The summed E-state index contributed by atoms with van der Waals surface area (Å²) in [4.78, 5) is 10.8. The molecule has 1 aliphatic rings. The number of rotatable bonds is 3. The molecule has 92 valence electrons. The lowest BCUT2D eigenvalue weighted by Crippen LogP contribution is -2.23. The summed E-state index contributed by atoms with van der Waals surface area (Å²) in [5.41, 5.74) is -0.471. The normalized spacial score (nSPS) is 13.8. The first-order valence-electron chi connectivity index (χ1n) is 5.22. The maximum atomic E-state index is 14.1. The zero-order chi connectivity index (χ0) is 12.6. The quantitative estimate of drug-likeness (QED) is 0.880. The average Bonchev–Trinajstić information content (AvgIpc) is 2.64. The molecule has 2 rings (SSSR count). The minimum Gasteiger partial charge on any atom is -0.481 e. The Morgan fingerprint density at radius 3 is 2.82 bits per heavy atom. The van der Waals surface area contributed by atoms with E-state index >= 15 is 0 Å². The second-order valence-electron chi connectivity index (χ2n) is 4.62. The summed E-state index contributed by atoms with van der Waals surface area (Å²) in [5, 5.41) is 8.82. The van der Waals surface area contributed by atoms with Gasteiger partial charge in [-0.25, -0.2) is 4.39 Å². The van der Waals surface area contributed by atoms with Gasteiger partial charge in [0, 0.05) is 5.41 Å². The van der Waals surface area contributed by atoms with E-state index in [2.05, 4.69) is 0 Å². The van der Waals surface area contributed by atoms with Gasteiger partial charge in [0.25, 0.3) is 0 Å².